The molecule has 0 saturated heterocycles. The molecule has 0 saturated carbocycles. The standard InChI is InChI=1S/C45H72O6/c1-4-7-10-13-16-19-22-25-28-31-36-49-43(46)40-34-35-41(44(47)50-37-32-29-26-23-20-17-14-11-8-5-2)42(39-40)45(48)51-38-33-30-27-24-21-18-15-12-9-6-3/h31-39H,4-30H2,1-3H3/b36-31+,37-32+,38-33+. The van der Waals surface area contributed by atoms with Crippen molar-refractivity contribution in [3.63, 3.8) is 0 Å². The number of unbranched alkanes of at least 4 members (excludes halogenated alkanes) is 24. The number of esters is 3. The van der Waals surface area contributed by atoms with E-state index in [-0.39, 0.29) is 16.7 Å². The molecule has 6 nitrogen and oxygen atoms in total. The summed E-state index contributed by atoms with van der Waals surface area (Å²) in [5.41, 5.74) is 0.156. The summed E-state index contributed by atoms with van der Waals surface area (Å²) in [6, 6.07) is 4.25. The molecule has 6 heteroatoms. The lowest BCUT2D eigenvalue weighted by atomic mass is 10.0. The van der Waals surface area contributed by atoms with Crippen molar-refractivity contribution in [2.75, 3.05) is 0 Å². The SMILES string of the molecule is CCCCCCCCCC/C=C/OC(=O)c1ccc(C(=O)O/C=C/CCCCCCCCCC)c(C(=O)O/C=C/CCCCCCCCCC)c1. The Labute approximate surface area is 311 Å². The molecule has 0 unspecified atom stereocenters. The predicted octanol–water partition coefficient (Wildman–Crippen LogP) is 14.3. The first-order valence-corrected chi connectivity index (χ1v) is 20.8. The van der Waals surface area contributed by atoms with Gasteiger partial charge in [0.1, 0.15) is 0 Å². The van der Waals surface area contributed by atoms with Crippen molar-refractivity contribution in [1.29, 1.82) is 0 Å². The van der Waals surface area contributed by atoms with Crippen LogP contribution in [0.25, 0.3) is 0 Å². The van der Waals surface area contributed by atoms with Crippen LogP contribution in [0.15, 0.2) is 55.2 Å². The summed E-state index contributed by atoms with van der Waals surface area (Å²) in [4.78, 5) is 39.0. The Bertz CT molecular complexity index is 1120. The topological polar surface area (TPSA) is 78.9 Å². The monoisotopic (exact) mass is 709 g/mol. The molecular formula is C45H72O6. The van der Waals surface area contributed by atoms with Crippen molar-refractivity contribution < 1.29 is 28.6 Å². The van der Waals surface area contributed by atoms with Gasteiger partial charge >= 0.3 is 17.9 Å². The van der Waals surface area contributed by atoms with E-state index in [9.17, 15) is 14.4 Å². The van der Waals surface area contributed by atoms with Gasteiger partial charge in [0.15, 0.2) is 0 Å². The van der Waals surface area contributed by atoms with Crippen molar-refractivity contribution in [2.45, 2.75) is 194 Å². The minimum atomic E-state index is -0.725. The van der Waals surface area contributed by atoms with Gasteiger partial charge in [0.2, 0.25) is 0 Å². The van der Waals surface area contributed by atoms with Gasteiger partial charge in [-0.1, -0.05) is 156 Å². The maximum atomic E-state index is 13.2. The molecule has 0 aliphatic heterocycles. The van der Waals surface area contributed by atoms with Crippen LogP contribution in [-0.4, -0.2) is 17.9 Å². The molecular weight excluding hydrogens is 636 g/mol. The minimum Gasteiger partial charge on any atom is -0.431 e. The van der Waals surface area contributed by atoms with E-state index in [0.29, 0.717) is 0 Å². The van der Waals surface area contributed by atoms with Gasteiger partial charge in [0.05, 0.1) is 35.5 Å². The highest BCUT2D eigenvalue weighted by Crippen LogP contribution is 2.18. The molecule has 0 aliphatic carbocycles. The highest BCUT2D eigenvalue weighted by atomic mass is 16.5. The second kappa shape index (κ2) is 34.0. The zero-order valence-corrected chi connectivity index (χ0v) is 32.7. The quantitative estimate of drug-likeness (QED) is 0.0313. The van der Waals surface area contributed by atoms with E-state index >= 15 is 0 Å². The molecule has 0 fully saturated rings. The van der Waals surface area contributed by atoms with Gasteiger partial charge in [0, 0.05) is 0 Å². The Hall–Kier alpha value is -3.15. The summed E-state index contributed by atoms with van der Waals surface area (Å²) >= 11 is 0. The summed E-state index contributed by atoms with van der Waals surface area (Å²) in [5, 5.41) is 0. The third kappa shape index (κ3) is 25.5. The largest absolute Gasteiger partial charge is 0.431 e. The number of benzene rings is 1. The van der Waals surface area contributed by atoms with Gasteiger partial charge < -0.3 is 14.2 Å². The van der Waals surface area contributed by atoms with Crippen LogP contribution in [0.2, 0.25) is 0 Å². The molecule has 288 valence electrons. The molecule has 0 atom stereocenters. The van der Waals surface area contributed by atoms with Crippen molar-refractivity contribution in [2.24, 2.45) is 0 Å². The molecule has 1 aromatic rings. The number of hydrogen-bond donors (Lipinski definition) is 0. The van der Waals surface area contributed by atoms with Crippen LogP contribution in [0, 0.1) is 0 Å². The van der Waals surface area contributed by atoms with E-state index in [2.05, 4.69) is 20.8 Å². The number of allylic oxidation sites excluding steroid dienone is 3. The normalized spacial score (nSPS) is 11.6. The lowest BCUT2D eigenvalue weighted by Gasteiger charge is -2.09. The molecule has 1 rings (SSSR count). The fourth-order valence-electron chi connectivity index (χ4n) is 5.94. The van der Waals surface area contributed by atoms with Crippen LogP contribution in [0.1, 0.15) is 225 Å². The lowest BCUT2D eigenvalue weighted by Crippen LogP contribution is -2.13. The zero-order valence-electron chi connectivity index (χ0n) is 32.7. The average molecular weight is 709 g/mol. The maximum Gasteiger partial charge on any atom is 0.343 e. The fourth-order valence-corrected chi connectivity index (χ4v) is 5.94. The molecule has 0 N–H and O–H groups in total. The van der Waals surface area contributed by atoms with Gasteiger partial charge in [0.25, 0.3) is 0 Å². The van der Waals surface area contributed by atoms with Crippen LogP contribution in [0.5, 0.6) is 0 Å². The summed E-state index contributed by atoms with van der Waals surface area (Å²) in [6.45, 7) is 6.69. The van der Waals surface area contributed by atoms with Gasteiger partial charge in [-0.3, -0.25) is 0 Å². The van der Waals surface area contributed by atoms with Gasteiger partial charge in [-0.2, -0.15) is 0 Å². The molecule has 0 aromatic heterocycles. The Balaban J connectivity index is 2.69. The molecule has 0 heterocycles. The minimum absolute atomic E-state index is 0.0365. The van der Waals surface area contributed by atoms with E-state index in [1.807, 2.05) is 18.2 Å². The second-order valence-electron chi connectivity index (χ2n) is 13.9. The first kappa shape index (κ1) is 45.9. The smallest absolute Gasteiger partial charge is 0.343 e. The van der Waals surface area contributed by atoms with Crippen molar-refractivity contribution in [3.05, 3.63) is 71.9 Å². The third-order valence-electron chi connectivity index (χ3n) is 9.18. The lowest BCUT2D eigenvalue weighted by molar-refractivity contribution is 0.0615. The fraction of sp³-hybridized carbons (Fsp3) is 0.667. The number of carbonyl (C=O) groups excluding carboxylic acids is 3. The van der Waals surface area contributed by atoms with Crippen molar-refractivity contribution in [3.8, 4) is 0 Å². The second-order valence-corrected chi connectivity index (χ2v) is 13.9. The number of carbonyl (C=O) groups is 3. The molecule has 1 aromatic carbocycles. The van der Waals surface area contributed by atoms with E-state index in [1.165, 1.54) is 153 Å². The molecule has 51 heavy (non-hydrogen) atoms. The van der Waals surface area contributed by atoms with Gasteiger partial charge in [-0.15, -0.1) is 0 Å². The van der Waals surface area contributed by atoms with E-state index in [0.717, 1.165) is 57.8 Å². The zero-order chi connectivity index (χ0) is 37.0. The van der Waals surface area contributed by atoms with Crippen molar-refractivity contribution in [1.82, 2.24) is 0 Å². The van der Waals surface area contributed by atoms with Crippen LogP contribution in [0.4, 0.5) is 0 Å². The van der Waals surface area contributed by atoms with Gasteiger partial charge in [-0.25, -0.2) is 14.4 Å². The molecule has 0 radical (unpaired) electrons. The van der Waals surface area contributed by atoms with Gasteiger partial charge in [-0.05, 0) is 75.0 Å². The molecule has 0 spiro atoms. The van der Waals surface area contributed by atoms with E-state index in [1.54, 1.807) is 0 Å². The van der Waals surface area contributed by atoms with E-state index < -0.39 is 17.9 Å². The summed E-state index contributed by atoms with van der Waals surface area (Å²) in [6.07, 6.45) is 41.8. The molecule has 0 amide bonds. The Morgan fingerprint density at radius 1 is 0.412 bits per heavy atom. The Morgan fingerprint density at radius 3 is 1.10 bits per heavy atom. The highest BCUT2D eigenvalue weighted by Gasteiger charge is 2.22. The van der Waals surface area contributed by atoms with Crippen LogP contribution in [-0.2, 0) is 14.2 Å². The first-order chi connectivity index (χ1) is 25.0. The summed E-state index contributed by atoms with van der Waals surface area (Å²) < 4.78 is 16.1. The maximum absolute atomic E-state index is 13.2. The Kier molecular flexibility index (Phi) is 30.5. The van der Waals surface area contributed by atoms with Crippen molar-refractivity contribution >= 4 is 17.9 Å². The van der Waals surface area contributed by atoms with Crippen LogP contribution >= 0.6 is 0 Å². The number of ether oxygens (including phenoxy) is 3. The summed E-state index contributed by atoms with van der Waals surface area (Å²) in [7, 11) is 0. The molecule has 0 aliphatic rings. The average Bonchev–Trinajstić information content (AvgIpc) is 3.14. The molecule has 0 bridgehead atoms. The number of rotatable bonds is 33. The highest BCUT2D eigenvalue weighted by molar-refractivity contribution is 6.05. The Morgan fingerprint density at radius 2 is 0.725 bits per heavy atom. The first-order valence-electron chi connectivity index (χ1n) is 20.8. The van der Waals surface area contributed by atoms with Crippen LogP contribution in [0.3, 0.4) is 0 Å². The number of hydrogen-bond acceptors (Lipinski definition) is 6. The third-order valence-corrected chi connectivity index (χ3v) is 9.18. The van der Waals surface area contributed by atoms with Crippen LogP contribution < -0.4 is 0 Å². The van der Waals surface area contributed by atoms with E-state index in [4.69, 9.17) is 14.2 Å². The summed E-state index contributed by atoms with van der Waals surface area (Å²) in [5.74, 6) is -2.01. The predicted molar refractivity (Wildman–Crippen MR) is 212 cm³/mol.